The number of benzene rings is 1. The van der Waals surface area contributed by atoms with Gasteiger partial charge in [0.1, 0.15) is 0 Å². The SMILES string of the molecule is CN(Cc1ccccc1CN)CC1CC1. The molecule has 82 valence electrons. The third-order valence-electron chi connectivity index (χ3n) is 3.05. The highest BCUT2D eigenvalue weighted by Crippen LogP contribution is 2.29. The fraction of sp³-hybridized carbons (Fsp3) is 0.538. The second-order valence-electron chi connectivity index (χ2n) is 4.61. The molecular formula is C13H20N2. The Morgan fingerprint density at radius 1 is 1.27 bits per heavy atom. The molecule has 0 radical (unpaired) electrons. The van der Waals surface area contributed by atoms with Crippen molar-refractivity contribution in [2.45, 2.75) is 25.9 Å². The highest BCUT2D eigenvalue weighted by molar-refractivity contribution is 5.26. The predicted molar refractivity (Wildman–Crippen MR) is 63.4 cm³/mol. The molecule has 0 aromatic heterocycles. The van der Waals surface area contributed by atoms with Crippen LogP contribution in [0.25, 0.3) is 0 Å². The zero-order valence-corrected chi connectivity index (χ0v) is 9.45. The molecule has 1 aliphatic rings. The molecular weight excluding hydrogens is 184 g/mol. The van der Waals surface area contributed by atoms with Crippen molar-refractivity contribution in [1.82, 2.24) is 4.90 Å². The molecule has 2 N–H and O–H groups in total. The summed E-state index contributed by atoms with van der Waals surface area (Å²) in [5, 5.41) is 0. The van der Waals surface area contributed by atoms with E-state index in [1.54, 1.807) is 0 Å². The van der Waals surface area contributed by atoms with Crippen LogP contribution in [0.15, 0.2) is 24.3 Å². The summed E-state index contributed by atoms with van der Waals surface area (Å²) < 4.78 is 0. The Morgan fingerprint density at radius 2 is 1.93 bits per heavy atom. The van der Waals surface area contributed by atoms with Crippen molar-refractivity contribution < 1.29 is 0 Å². The summed E-state index contributed by atoms with van der Waals surface area (Å²) in [6.07, 6.45) is 2.84. The molecule has 1 aromatic carbocycles. The molecule has 0 aliphatic heterocycles. The molecule has 1 aliphatic carbocycles. The van der Waals surface area contributed by atoms with Crippen LogP contribution in [0, 0.1) is 5.92 Å². The van der Waals surface area contributed by atoms with E-state index in [1.165, 1.54) is 30.5 Å². The highest BCUT2D eigenvalue weighted by atomic mass is 15.1. The third-order valence-corrected chi connectivity index (χ3v) is 3.05. The van der Waals surface area contributed by atoms with Crippen LogP contribution in [0.2, 0.25) is 0 Å². The topological polar surface area (TPSA) is 29.3 Å². The molecule has 1 fully saturated rings. The first kappa shape index (κ1) is 10.7. The number of nitrogens with zero attached hydrogens (tertiary/aromatic N) is 1. The Bertz CT molecular complexity index is 318. The van der Waals surface area contributed by atoms with Crippen LogP contribution in [0.5, 0.6) is 0 Å². The fourth-order valence-electron chi connectivity index (χ4n) is 2.01. The van der Waals surface area contributed by atoms with Crippen LogP contribution in [-0.2, 0) is 13.1 Å². The first-order valence-corrected chi connectivity index (χ1v) is 5.75. The first-order valence-electron chi connectivity index (χ1n) is 5.75. The van der Waals surface area contributed by atoms with Gasteiger partial charge >= 0.3 is 0 Å². The number of rotatable bonds is 5. The van der Waals surface area contributed by atoms with Crippen molar-refractivity contribution in [3.63, 3.8) is 0 Å². The monoisotopic (exact) mass is 204 g/mol. The summed E-state index contributed by atoms with van der Waals surface area (Å²) in [6, 6.07) is 8.47. The minimum absolute atomic E-state index is 0.646. The fourth-order valence-corrected chi connectivity index (χ4v) is 2.01. The van der Waals surface area contributed by atoms with Gasteiger partial charge in [0, 0.05) is 19.6 Å². The standard InChI is InChI=1S/C13H20N2/c1-15(9-11-6-7-11)10-13-5-3-2-4-12(13)8-14/h2-5,11H,6-10,14H2,1H3. The van der Waals surface area contributed by atoms with Crippen molar-refractivity contribution in [3.8, 4) is 0 Å². The van der Waals surface area contributed by atoms with E-state index in [0.717, 1.165) is 12.5 Å². The molecule has 0 heterocycles. The normalized spacial score (nSPS) is 15.9. The van der Waals surface area contributed by atoms with Crippen LogP contribution in [0.1, 0.15) is 24.0 Å². The van der Waals surface area contributed by atoms with Crippen LogP contribution < -0.4 is 5.73 Å². The molecule has 2 heteroatoms. The van der Waals surface area contributed by atoms with Crippen molar-refractivity contribution in [3.05, 3.63) is 35.4 Å². The Balaban J connectivity index is 1.95. The van der Waals surface area contributed by atoms with Crippen molar-refractivity contribution in [1.29, 1.82) is 0 Å². The lowest BCUT2D eigenvalue weighted by Crippen LogP contribution is -2.21. The van der Waals surface area contributed by atoms with Crippen LogP contribution >= 0.6 is 0 Å². The van der Waals surface area contributed by atoms with Gasteiger partial charge in [0.25, 0.3) is 0 Å². The Hall–Kier alpha value is -0.860. The Morgan fingerprint density at radius 3 is 2.53 bits per heavy atom. The summed E-state index contributed by atoms with van der Waals surface area (Å²) in [7, 11) is 2.20. The predicted octanol–water partition coefficient (Wildman–Crippen LogP) is 1.99. The van der Waals surface area contributed by atoms with E-state index >= 15 is 0 Å². The molecule has 2 rings (SSSR count). The number of nitrogens with two attached hydrogens (primary N) is 1. The zero-order valence-electron chi connectivity index (χ0n) is 9.45. The Kier molecular flexibility index (Phi) is 3.39. The molecule has 0 spiro atoms. The minimum Gasteiger partial charge on any atom is -0.326 e. The summed E-state index contributed by atoms with van der Waals surface area (Å²) in [4.78, 5) is 2.41. The van der Waals surface area contributed by atoms with Crippen LogP contribution in [0.3, 0.4) is 0 Å². The van der Waals surface area contributed by atoms with Gasteiger partial charge in [0.15, 0.2) is 0 Å². The van der Waals surface area contributed by atoms with Crippen molar-refractivity contribution in [2.75, 3.05) is 13.6 Å². The van der Waals surface area contributed by atoms with E-state index < -0.39 is 0 Å². The first-order chi connectivity index (χ1) is 7.29. The molecule has 1 saturated carbocycles. The third kappa shape index (κ3) is 3.05. The highest BCUT2D eigenvalue weighted by Gasteiger charge is 2.22. The zero-order chi connectivity index (χ0) is 10.7. The van der Waals surface area contributed by atoms with Gasteiger partial charge in [-0.05, 0) is 36.9 Å². The summed E-state index contributed by atoms with van der Waals surface area (Å²) in [5.74, 6) is 0.958. The molecule has 1 aromatic rings. The van der Waals surface area contributed by atoms with E-state index in [0.29, 0.717) is 6.54 Å². The lowest BCUT2D eigenvalue weighted by Gasteiger charge is -2.18. The van der Waals surface area contributed by atoms with Gasteiger partial charge in [-0.1, -0.05) is 24.3 Å². The van der Waals surface area contributed by atoms with E-state index in [4.69, 9.17) is 5.73 Å². The maximum absolute atomic E-state index is 5.72. The summed E-state index contributed by atoms with van der Waals surface area (Å²) in [6.45, 7) is 2.91. The number of hydrogen-bond donors (Lipinski definition) is 1. The molecule has 0 unspecified atom stereocenters. The van der Waals surface area contributed by atoms with E-state index in [-0.39, 0.29) is 0 Å². The Labute approximate surface area is 92.1 Å². The van der Waals surface area contributed by atoms with Crippen molar-refractivity contribution in [2.24, 2.45) is 11.7 Å². The van der Waals surface area contributed by atoms with Gasteiger partial charge in [0.05, 0.1) is 0 Å². The molecule has 15 heavy (non-hydrogen) atoms. The van der Waals surface area contributed by atoms with Gasteiger partial charge < -0.3 is 10.6 Å². The van der Waals surface area contributed by atoms with Gasteiger partial charge in [-0.3, -0.25) is 0 Å². The van der Waals surface area contributed by atoms with Gasteiger partial charge in [0.2, 0.25) is 0 Å². The lowest BCUT2D eigenvalue weighted by atomic mass is 10.1. The average molecular weight is 204 g/mol. The van der Waals surface area contributed by atoms with Crippen LogP contribution in [0.4, 0.5) is 0 Å². The summed E-state index contributed by atoms with van der Waals surface area (Å²) >= 11 is 0. The van der Waals surface area contributed by atoms with E-state index in [2.05, 4.69) is 36.2 Å². The summed E-state index contributed by atoms with van der Waals surface area (Å²) in [5.41, 5.74) is 8.38. The van der Waals surface area contributed by atoms with Gasteiger partial charge in [-0.2, -0.15) is 0 Å². The van der Waals surface area contributed by atoms with Crippen LogP contribution in [-0.4, -0.2) is 18.5 Å². The quantitative estimate of drug-likeness (QED) is 0.794. The smallest absolute Gasteiger partial charge is 0.0234 e. The second kappa shape index (κ2) is 4.77. The molecule has 0 amide bonds. The molecule has 0 saturated heterocycles. The van der Waals surface area contributed by atoms with E-state index in [1.807, 2.05) is 0 Å². The molecule has 2 nitrogen and oxygen atoms in total. The number of hydrogen-bond acceptors (Lipinski definition) is 2. The van der Waals surface area contributed by atoms with Crippen molar-refractivity contribution >= 4 is 0 Å². The van der Waals surface area contributed by atoms with E-state index in [9.17, 15) is 0 Å². The lowest BCUT2D eigenvalue weighted by molar-refractivity contribution is 0.312. The van der Waals surface area contributed by atoms with Gasteiger partial charge in [-0.25, -0.2) is 0 Å². The maximum Gasteiger partial charge on any atom is 0.0234 e. The minimum atomic E-state index is 0.646. The molecule has 0 atom stereocenters. The molecule has 0 bridgehead atoms. The average Bonchev–Trinajstić information content (AvgIpc) is 3.02. The van der Waals surface area contributed by atoms with Gasteiger partial charge in [-0.15, -0.1) is 0 Å². The largest absolute Gasteiger partial charge is 0.326 e. The maximum atomic E-state index is 5.72. The second-order valence-corrected chi connectivity index (χ2v) is 4.61.